The fourth-order valence-corrected chi connectivity index (χ4v) is 2.66. The van der Waals surface area contributed by atoms with E-state index in [1.165, 1.54) is 18.2 Å². The van der Waals surface area contributed by atoms with Crippen molar-refractivity contribution in [1.29, 1.82) is 0 Å². The van der Waals surface area contributed by atoms with Gasteiger partial charge in [0.2, 0.25) is 0 Å². The molecule has 0 saturated carbocycles. The summed E-state index contributed by atoms with van der Waals surface area (Å²) in [6.45, 7) is 2.37. The summed E-state index contributed by atoms with van der Waals surface area (Å²) in [6, 6.07) is 4.27. The second kappa shape index (κ2) is 7.73. The third-order valence-corrected chi connectivity index (χ3v) is 3.92. The van der Waals surface area contributed by atoms with Gasteiger partial charge >= 0.3 is 0 Å². The van der Waals surface area contributed by atoms with Crippen LogP contribution in [0.5, 0.6) is 0 Å². The van der Waals surface area contributed by atoms with Gasteiger partial charge in [-0.15, -0.1) is 0 Å². The maximum atomic E-state index is 13.8. The van der Waals surface area contributed by atoms with Gasteiger partial charge < -0.3 is 15.4 Å². The lowest BCUT2D eigenvalue weighted by Crippen LogP contribution is -2.41. The first-order valence-corrected chi connectivity index (χ1v) is 7.56. The van der Waals surface area contributed by atoms with Crippen LogP contribution in [-0.4, -0.2) is 43.2 Å². The van der Waals surface area contributed by atoms with Gasteiger partial charge in [-0.2, -0.15) is 0 Å². The summed E-state index contributed by atoms with van der Waals surface area (Å²) in [4.78, 5) is 14.0. The number of halogens is 2. The molecule has 0 aromatic heterocycles. The second-order valence-electron chi connectivity index (χ2n) is 5.10. The van der Waals surface area contributed by atoms with Crippen molar-refractivity contribution in [3.63, 3.8) is 0 Å². The normalized spacial score (nSPS) is 16.2. The Bertz CT molecular complexity index is 470. The number of rotatable bonds is 5. The molecule has 0 atom stereocenters. The Balaban J connectivity index is 1.91. The zero-order chi connectivity index (χ0) is 15.2. The first kappa shape index (κ1) is 16.2. The summed E-state index contributed by atoms with van der Waals surface area (Å²) >= 11 is 5.93. The topological polar surface area (TPSA) is 55.6 Å². The van der Waals surface area contributed by atoms with Crippen LogP contribution in [0.3, 0.4) is 0 Å². The van der Waals surface area contributed by atoms with Gasteiger partial charge in [0.05, 0.1) is 16.7 Å². The van der Waals surface area contributed by atoms with Gasteiger partial charge in [0.25, 0.3) is 5.91 Å². The quantitative estimate of drug-likeness (QED) is 0.849. The van der Waals surface area contributed by atoms with Crippen LogP contribution < -0.4 is 5.73 Å². The Morgan fingerprint density at radius 2 is 2.14 bits per heavy atom. The molecule has 1 aliphatic heterocycles. The van der Waals surface area contributed by atoms with Gasteiger partial charge in [0, 0.05) is 19.7 Å². The van der Waals surface area contributed by atoms with E-state index in [4.69, 9.17) is 22.1 Å². The van der Waals surface area contributed by atoms with Crippen LogP contribution in [0.15, 0.2) is 18.2 Å². The zero-order valence-electron chi connectivity index (χ0n) is 11.9. The molecule has 0 spiro atoms. The number of ether oxygens (including phenoxy) is 1. The average Bonchev–Trinajstić information content (AvgIpc) is 2.48. The molecule has 1 fully saturated rings. The molecule has 0 aliphatic carbocycles. The number of nitrogens with two attached hydrogens (primary N) is 1. The molecule has 1 aromatic rings. The van der Waals surface area contributed by atoms with Crippen molar-refractivity contribution in [2.45, 2.75) is 25.4 Å². The molecule has 0 radical (unpaired) electrons. The van der Waals surface area contributed by atoms with Crippen LogP contribution >= 0.6 is 11.6 Å². The minimum Gasteiger partial charge on any atom is -0.378 e. The van der Waals surface area contributed by atoms with Gasteiger partial charge in [-0.3, -0.25) is 4.79 Å². The van der Waals surface area contributed by atoms with E-state index in [2.05, 4.69) is 0 Å². The van der Waals surface area contributed by atoms with Gasteiger partial charge in [0.1, 0.15) is 5.82 Å². The molecule has 116 valence electrons. The van der Waals surface area contributed by atoms with Crippen LogP contribution in [-0.2, 0) is 4.74 Å². The van der Waals surface area contributed by atoms with Gasteiger partial charge in [-0.25, -0.2) is 4.39 Å². The van der Waals surface area contributed by atoms with E-state index in [0.717, 1.165) is 19.3 Å². The van der Waals surface area contributed by atoms with Crippen LogP contribution in [0.1, 0.15) is 29.6 Å². The first-order valence-electron chi connectivity index (χ1n) is 7.18. The summed E-state index contributed by atoms with van der Waals surface area (Å²) in [5.74, 6) is -0.924. The Labute approximate surface area is 129 Å². The highest BCUT2D eigenvalue weighted by Gasteiger charge is 2.26. The minimum atomic E-state index is -0.575. The Morgan fingerprint density at radius 1 is 1.43 bits per heavy atom. The third kappa shape index (κ3) is 4.15. The predicted octanol–water partition coefficient (Wildman–Crippen LogP) is 2.45. The van der Waals surface area contributed by atoms with Crippen molar-refractivity contribution in [3.05, 3.63) is 34.6 Å². The predicted molar refractivity (Wildman–Crippen MR) is 80.0 cm³/mol. The first-order chi connectivity index (χ1) is 10.1. The zero-order valence-corrected chi connectivity index (χ0v) is 12.6. The van der Waals surface area contributed by atoms with E-state index in [9.17, 15) is 9.18 Å². The summed E-state index contributed by atoms with van der Waals surface area (Å²) < 4.78 is 19.5. The smallest absolute Gasteiger partial charge is 0.258 e. The highest BCUT2D eigenvalue weighted by atomic mass is 35.5. The van der Waals surface area contributed by atoms with E-state index in [-0.39, 0.29) is 22.6 Å². The lowest BCUT2D eigenvalue weighted by molar-refractivity contribution is 0.00834. The van der Waals surface area contributed by atoms with E-state index in [0.29, 0.717) is 26.2 Å². The molecule has 2 N–H and O–H groups in total. The summed E-state index contributed by atoms with van der Waals surface area (Å²) in [7, 11) is 0. The van der Waals surface area contributed by atoms with Crippen molar-refractivity contribution < 1.29 is 13.9 Å². The van der Waals surface area contributed by atoms with Crippen molar-refractivity contribution in [2.75, 3.05) is 26.2 Å². The molecule has 1 saturated heterocycles. The molecule has 21 heavy (non-hydrogen) atoms. The Kier molecular flexibility index (Phi) is 5.96. The fourth-order valence-electron chi connectivity index (χ4n) is 2.42. The lowest BCUT2D eigenvalue weighted by atomic mass is 10.1. The largest absolute Gasteiger partial charge is 0.378 e. The molecule has 1 aliphatic rings. The van der Waals surface area contributed by atoms with E-state index < -0.39 is 5.82 Å². The van der Waals surface area contributed by atoms with Crippen LogP contribution in [0.25, 0.3) is 0 Å². The van der Waals surface area contributed by atoms with Gasteiger partial charge in [-0.05, 0) is 37.9 Å². The number of likely N-dealkylation sites (tertiary alicyclic amines) is 1. The number of benzene rings is 1. The van der Waals surface area contributed by atoms with Crippen molar-refractivity contribution in [1.82, 2.24) is 4.90 Å². The number of amides is 1. The molecule has 6 heteroatoms. The molecular weight excluding hydrogens is 295 g/mol. The summed E-state index contributed by atoms with van der Waals surface area (Å²) in [6.07, 6.45) is 2.49. The standard InChI is InChI=1S/C15H20ClFN2O2/c16-12-3-1-4-13(17)14(12)15(20)19-8-5-11(6-9-19)21-10-2-7-18/h1,3-4,11H,2,5-10,18H2. The average molecular weight is 315 g/mol. The molecule has 1 aromatic carbocycles. The number of hydrogen-bond acceptors (Lipinski definition) is 3. The maximum Gasteiger partial charge on any atom is 0.258 e. The maximum absolute atomic E-state index is 13.8. The number of hydrogen-bond donors (Lipinski definition) is 1. The van der Waals surface area contributed by atoms with E-state index in [1.54, 1.807) is 4.90 Å². The Hall–Kier alpha value is -1.17. The summed E-state index contributed by atoms with van der Waals surface area (Å²) in [5.41, 5.74) is 5.38. The fraction of sp³-hybridized carbons (Fsp3) is 0.533. The number of piperidine rings is 1. The number of nitrogens with zero attached hydrogens (tertiary/aromatic N) is 1. The van der Waals surface area contributed by atoms with Crippen molar-refractivity contribution >= 4 is 17.5 Å². The highest BCUT2D eigenvalue weighted by molar-refractivity contribution is 6.33. The monoisotopic (exact) mass is 314 g/mol. The van der Waals surface area contributed by atoms with Crippen LogP contribution in [0.4, 0.5) is 4.39 Å². The van der Waals surface area contributed by atoms with Crippen molar-refractivity contribution in [2.24, 2.45) is 5.73 Å². The van der Waals surface area contributed by atoms with E-state index in [1.807, 2.05) is 0 Å². The minimum absolute atomic E-state index is 0.0401. The van der Waals surface area contributed by atoms with Crippen LogP contribution in [0, 0.1) is 5.82 Å². The van der Waals surface area contributed by atoms with Crippen molar-refractivity contribution in [3.8, 4) is 0 Å². The molecule has 1 amide bonds. The second-order valence-corrected chi connectivity index (χ2v) is 5.51. The number of carbonyl (C=O) groups is 1. The molecule has 1 heterocycles. The summed E-state index contributed by atoms with van der Waals surface area (Å²) in [5, 5.41) is 0.154. The van der Waals surface area contributed by atoms with Crippen LogP contribution in [0.2, 0.25) is 5.02 Å². The van der Waals surface area contributed by atoms with E-state index >= 15 is 0 Å². The molecular formula is C15H20ClFN2O2. The SMILES string of the molecule is NCCCOC1CCN(C(=O)c2c(F)cccc2Cl)CC1. The molecule has 4 nitrogen and oxygen atoms in total. The Morgan fingerprint density at radius 3 is 2.76 bits per heavy atom. The lowest BCUT2D eigenvalue weighted by Gasteiger charge is -2.32. The third-order valence-electron chi connectivity index (χ3n) is 3.61. The molecule has 2 rings (SSSR count). The molecule has 0 bridgehead atoms. The number of carbonyl (C=O) groups excluding carboxylic acids is 1. The van der Waals surface area contributed by atoms with Gasteiger partial charge in [-0.1, -0.05) is 17.7 Å². The highest BCUT2D eigenvalue weighted by Crippen LogP contribution is 2.23. The van der Waals surface area contributed by atoms with Gasteiger partial charge in [0.15, 0.2) is 0 Å². The molecule has 0 unspecified atom stereocenters.